The van der Waals surface area contributed by atoms with Gasteiger partial charge in [0, 0.05) is 17.5 Å². The molecule has 2 nitrogen and oxygen atoms in total. The highest BCUT2D eigenvalue weighted by atomic mass is 16.1. The van der Waals surface area contributed by atoms with Gasteiger partial charge in [-0.3, -0.25) is 4.79 Å². The zero-order valence-electron chi connectivity index (χ0n) is 10.4. The van der Waals surface area contributed by atoms with Gasteiger partial charge in [0.1, 0.15) is 0 Å². The molecule has 0 saturated carbocycles. The van der Waals surface area contributed by atoms with Crippen LogP contribution in [0, 0.1) is 5.92 Å². The zero-order valence-corrected chi connectivity index (χ0v) is 10.4. The van der Waals surface area contributed by atoms with Gasteiger partial charge in [0.15, 0.2) is 5.78 Å². The molecule has 2 atom stereocenters. The summed E-state index contributed by atoms with van der Waals surface area (Å²) in [6, 6.07) is 18.8. The lowest BCUT2D eigenvalue weighted by molar-refractivity contribution is 0.0913. The highest BCUT2D eigenvalue weighted by Crippen LogP contribution is 2.22. The van der Waals surface area contributed by atoms with Crippen LogP contribution in [0.5, 0.6) is 0 Å². The van der Waals surface area contributed by atoms with E-state index in [9.17, 15) is 4.79 Å². The summed E-state index contributed by atoms with van der Waals surface area (Å²) in [5.74, 6) is -0.137. The van der Waals surface area contributed by atoms with E-state index < -0.39 is 0 Å². The minimum atomic E-state index is -0.265. The first-order valence-corrected chi connectivity index (χ1v) is 6.10. The lowest BCUT2D eigenvalue weighted by atomic mass is 9.89. The van der Waals surface area contributed by atoms with Gasteiger partial charge in [-0.2, -0.15) is 0 Å². The maximum absolute atomic E-state index is 12.3. The van der Waals surface area contributed by atoms with Crippen molar-refractivity contribution in [3.8, 4) is 0 Å². The Morgan fingerprint density at radius 1 is 0.944 bits per heavy atom. The summed E-state index contributed by atoms with van der Waals surface area (Å²) < 4.78 is 0. The molecule has 0 aromatic heterocycles. The number of hydrogen-bond donors (Lipinski definition) is 1. The van der Waals surface area contributed by atoms with Gasteiger partial charge in [-0.25, -0.2) is 0 Å². The van der Waals surface area contributed by atoms with Gasteiger partial charge in [0.25, 0.3) is 0 Å². The molecule has 0 aliphatic carbocycles. The predicted octanol–water partition coefficient (Wildman–Crippen LogP) is 3.21. The fraction of sp³-hybridized carbons (Fsp3) is 0.188. The molecule has 2 N–H and O–H groups in total. The van der Waals surface area contributed by atoms with E-state index in [1.807, 2.05) is 67.6 Å². The summed E-state index contributed by atoms with van der Waals surface area (Å²) >= 11 is 0. The maximum Gasteiger partial charge on any atom is 0.167 e. The van der Waals surface area contributed by atoms with Crippen LogP contribution >= 0.6 is 0 Å². The van der Waals surface area contributed by atoms with Gasteiger partial charge < -0.3 is 5.73 Å². The third-order valence-electron chi connectivity index (χ3n) is 3.20. The van der Waals surface area contributed by atoms with E-state index in [-0.39, 0.29) is 17.7 Å². The number of hydrogen-bond acceptors (Lipinski definition) is 2. The Morgan fingerprint density at radius 2 is 1.44 bits per heavy atom. The van der Waals surface area contributed by atoms with Crippen LogP contribution in [0.1, 0.15) is 28.9 Å². The Morgan fingerprint density at radius 3 is 2.00 bits per heavy atom. The van der Waals surface area contributed by atoms with E-state index in [1.165, 1.54) is 0 Å². The molecule has 92 valence electrons. The highest BCUT2D eigenvalue weighted by Gasteiger charge is 2.22. The fourth-order valence-corrected chi connectivity index (χ4v) is 1.99. The number of benzene rings is 2. The van der Waals surface area contributed by atoms with Crippen LogP contribution in [0.4, 0.5) is 0 Å². The predicted molar refractivity (Wildman–Crippen MR) is 73.3 cm³/mol. The molecule has 2 aromatic rings. The fourth-order valence-electron chi connectivity index (χ4n) is 1.99. The quantitative estimate of drug-likeness (QED) is 0.832. The Labute approximate surface area is 107 Å². The summed E-state index contributed by atoms with van der Waals surface area (Å²) in [5, 5.41) is 0. The van der Waals surface area contributed by atoms with Crippen LogP contribution in [0.15, 0.2) is 60.7 Å². The van der Waals surface area contributed by atoms with Crippen LogP contribution in [0.3, 0.4) is 0 Å². The van der Waals surface area contributed by atoms with Crippen molar-refractivity contribution in [3.05, 3.63) is 71.8 Å². The van der Waals surface area contributed by atoms with E-state index in [2.05, 4.69) is 0 Å². The molecule has 18 heavy (non-hydrogen) atoms. The summed E-state index contributed by atoms with van der Waals surface area (Å²) in [6.45, 7) is 1.88. The summed E-state index contributed by atoms with van der Waals surface area (Å²) in [6.07, 6.45) is 0. The van der Waals surface area contributed by atoms with Crippen molar-refractivity contribution < 1.29 is 4.79 Å². The number of nitrogens with two attached hydrogens (primary N) is 1. The average Bonchev–Trinajstić information content (AvgIpc) is 2.47. The van der Waals surface area contributed by atoms with Gasteiger partial charge in [0.05, 0.1) is 0 Å². The van der Waals surface area contributed by atoms with Gasteiger partial charge in [0.2, 0.25) is 0 Å². The molecule has 0 amide bonds. The molecule has 0 spiro atoms. The normalized spacial score (nSPS) is 13.9. The van der Waals surface area contributed by atoms with Gasteiger partial charge in [-0.1, -0.05) is 67.6 Å². The van der Waals surface area contributed by atoms with Crippen LogP contribution in [-0.4, -0.2) is 5.78 Å². The van der Waals surface area contributed by atoms with E-state index in [4.69, 9.17) is 5.73 Å². The molecular formula is C16H17NO. The van der Waals surface area contributed by atoms with Crippen LogP contribution < -0.4 is 5.73 Å². The minimum Gasteiger partial charge on any atom is -0.323 e. The molecule has 0 aliphatic rings. The second kappa shape index (κ2) is 5.61. The molecule has 2 rings (SSSR count). The Balaban J connectivity index is 2.17. The number of rotatable bonds is 4. The van der Waals surface area contributed by atoms with E-state index >= 15 is 0 Å². The van der Waals surface area contributed by atoms with E-state index in [0.717, 1.165) is 11.1 Å². The van der Waals surface area contributed by atoms with E-state index in [0.29, 0.717) is 0 Å². The van der Waals surface area contributed by atoms with Crippen LogP contribution in [0.2, 0.25) is 0 Å². The summed E-state index contributed by atoms with van der Waals surface area (Å²) in [7, 11) is 0. The van der Waals surface area contributed by atoms with Gasteiger partial charge >= 0.3 is 0 Å². The monoisotopic (exact) mass is 239 g/mol. The topological polar surface area (TPSA) is 43.1 Å². The SMILES string of the molecule is CC(C(=O)c1ccccc1)C(N)c1ccccc1. The number of carbonyl (C=O) groups is 1. The highest BCUT2D eigenvalue weighted by molar-refractivity contribution is 5.98. The standard InChI is InChI=1S/C16H17NO/c1-12(15(17)13-8-4-2-5-9-13)16(18)14-10-6-3-7-11-14/h2-12,15H,17H2,1H3. The van der Waals surface area contributed by atoms with Crippen molar-refractivity contribution in [1.29, 1.82) is 0 Å². The lowest BCUT2D eigenvalue weighted by Gasteiger charge is -2.19. The first-order valence-electron chi connectivity index (χ1n) is 6.10. The minimum absolute atomic E-state index is 0.0898. The van der Waals surface area contributed by atoms with Crippen molar-refractivity contribution in [2.75, 3.05) is 0 Å². The average molecular weight is 239 g/mol. The molecule has 0 radical (unpaired) electrons. The van der Waals surface area contributed by atoms with Gasteiger partial charge in [-0.05, 0) is 5.56 Å². The van der Waals surface area contributed by atoms with Crippen molar-refractivity contribution >= 4 is 5.78 Å². The van der Waals surface area contributed by atoms with Crippen LogP contribution in [-0.2, 0) is 0 Å². The molecule has 0 saturated heterocycles. The first-order chi connectivity index (χ1) is 8.70. The maximum atomic E-state index is 12.3. The molecule has 0 aliphatic heterocycles. The molecule has 0 bridgehead atoms. The Bertz CT molecular complexity index is 507. The summed E-state index contributed by atoms with van der Waals surface area (Å²) in [5.41, 5.74) is 7.87. The number of Topliss-reactive ketones (excluding diaryl/α,β-unsaturated/α-hetero) is 1. The molecule has 0 fully saturated rings. The number of ketones is 1. The number of carbonyl (C=O) groups excluding carboxylic acids is 1. The molecule has 2 unspecified atom stereocenters. The summed E-state index contributed by atoms with van der Waals surface area (Å²) in [4.78, 5) is 12.3. The van der Waals surface area contributed by atoms with Gasteiger partial charge in [-0.15, -0.1) is 0 Å². The smallest absolute Gasteiger partial charge is 0.167 e. The van der Waals surface area contributed by atoms with Crippen molar-refractivity contribution in [2.24, 2.45) is 11.7 Å². The van der Waals surface area contributed by atoms with Crippen molar-refractivity contribution in [1.82, 2.24) is 0 Å². The Hall–Kier alpha value is -1.93. The molecule has 2 aromatic carbocycles. The third kappa shape index (κ3) is 2.66. The third-order valence-corrected chi connectivity index (χ3v) is 3.20. The largest absolute Gasteiger partial charge is 0.323 e. The van der Waals surface area contributed by atoms with Crippen molar-refractivity contribution in [3.63, 3.8) is 0 Å². The molecular weight excluding hydrogens is 222 g/mol. The Kier molecular flexibility index (Phi) is 3.90. The molecule has 0 heterocycles. The van der Waals surface area contributed by atoms with Crippen LogP contribution in [0.25, 0.3) is 0 Å². The second-order valence-electron chi connectivity index (χ2n) is 4.46. The lowest BCUT2D eigenvalue weighted by Crippen LogP contribution is -2.26. The molecule has 2 heteroatoms. The zero-order chi connectivity index (χ0) is 13.0. The van der Waals surface area contributed by atoms with E-state index in [1.54, 1.807) is 0 Å². The second-order valence-corrected chi connectivity index (χ2v) is 4.46. The first kappa shape index (κ1) is 12.5. The van der Waals surface area contributed by atoms with Crippen molar-refractivity contribution in [2.45, 2.75) is 13.0 Å².